The van der Waals surface area contributed by atoms with Gasteiger partial charge in [-0.05, 0) is 0 Å². The van der Waals surface area contributed by atoms with Gasteiger partial charge in [0.1, 0.15) is 6.67 Å². The smallest absolute Gasteiger partial charge is 0.186 e. The van der Waals surface area contributed by atoms with Crippen molar-refractivity contribution >= 4 is 5.78 Å². The predicted octanol–water partition coefficient (Wildman–Crippen LogP) is 1.27. The molecule has 1 atom stereocenters. The van der Waals surface area contributed by atoms with Crippen molar-refractivity contribution in [2.45, 2.75) is 19.5 Å². The highest BCUT2D eigenvalue weighted by Gasteiger charge is 2.13. The van der Waals surface area contributed by atoms with Crippen LogP contribution in [0.25, 0.3) is 0 Å². The lowest BCUT2D eigenvalue weighted by Crippen LogP contribution is -2.15. The maximum Gasteiger partial charge on any atom is 0.186 e. The molecule has 0 aliphatic rings. The number of rotatable bonds is 3. The van der Waals surface area contributed by atoms with Crippen LogP contribution in [0.15, 0.2) is 0 Å². The first-order chi connectivity index (χ1) is 3.72. The van der Waals surface area contributed by atoms with Crippen LogP contribution in [0, 0.1) is 0 Å². The van der Waals surface area contributed by atoms with Gasteiger partial charge in [0, 0.05) is 6.42 Å². The second-order valence-corrected chi connectivity index (χ2v) is 1.44. The van der Waals surface area contributed by atoms with E-state index in [1.807, 2.05) is 0 Å². The molecule has 0 rings (SSSR count). The Hall–Kier alpha value is -0.470. The minimum atomic E-state index is -1.89. The molecular formula is C5H8F2O. The van der Waals surface area contributed by atoms with Gasteiger partial charge in [-0.1, -0.05) is 6.92 Å². The second-order valence-electron chi connectivity index (χ2n) is 1.44. The van der Waals surface area contributed by atoms with E-state index in [9.17, 15) is 13.6 Å². The zero-order chi connectivity index (χ0) is 6.57. The fourth-order valence-corrected chi connectivity index (χ4v) is 0.308. The van der Waals surface area contributed by atoms with Gasteiger partial charge in [-0.3, -0.25) is 4.79 Å². The van der Waals surface area contributed by atoms with E-state index in [0.29, 0.717) is 0 Å². The summed E-state index contributed by atoms with van der Waals surface area (Å²) in [7, 11) is 0. The van der Waals surface area contributed by atoms with Crippen molar-refractivity contribution in [3.63, 3.8) is 0 Å². The summed E-state index contributed by atoms with van der Waals surface area (Å²) in [4.78, 5) is 10.1. The highest BCUT2D eigenvalue weighted by molar-refractivity contribution is 5.82. The summed E-state index contributed by atoms with van der Waals surface area (Å²) in [5.74, 6) is -0.660. The van der Waals surface area contributed by atoms with Crippen LogP contribution in [0.1, 0.15) is 13.3 Å². The largest absolute Gasteiger partial charge is 0.296 e. The molecule has 0 saturated carbocycles. The van der Waals surface area contributed by atoms with Crippen LogP contribution in [-0.4, -0.2) is 18.6 Å². The van der Waals surface area contributed by atoms with E-state index >= 15 is 0 Å². The Balaban J connectivity index is 3.46. The van der Waals surface area contributed by atoms with E-state index in [4.69, 9.17) is 0 Å². The van der Waals surface area contributed by atoms with Crippen molar-refractivity contribution < 1.29 is 13.6 Å². The van der Waals surface area contributed by atoms with Crippen LogP contribution in [0.5, 0.6) is 0 Å². The van der Waals surface area contributed by atoms with E-state index < -0.39 is 18.6 Å². The van der Waals surface area contributed by atoms with Crippen LogP contribution < -0.4 is 0 Å². The quantitative estimate of drug-likeness (QED) is 0.551. The van der Waals surface area contributed by atoms with Gasteiger partial charge in [0.15, 0.2) is 12.0 Å². The summed E-state index contributed by atoms with van der Waals surface area (Å²) in [6.45, 7) is 0.317. The fourth-order valence-electron chi connectivity index (χ4n) is 0.308. The summed E-state index contributed by atoms with van der Waals surface area (Å²) >= 11 is 0. The minimum Gasteiger partial charge on any atom is -0.296 e. The molecule has 0 fully saturated rings. The molecule has 0 heterocycles. The standard InChI is InChI=1S/C5H8F2O/c1-2-5(8)4(7)3-6/h4H,2-3H2,1H3. The van der Waals surface area contributed by atoms with Gasteiger partial charge in [-0.2, -0.15) is 0 Å². The summed E-state index contributed by atoms with van der Waals surface area (Å²) < 4.78 is 23.0. The number of hydrogen-bond acceptors (Lipinski definition) is 1. The Bertz CT molecular complexity index is 82.5. The van der Waals surface area contributed by atoms with Gasteiger partial charge in [-0.15, -0.1) is 0 Å². The van der Waals surface area contributed by atoms with E-state index in [1.54, 1.807) is 0 Å². The number of carbonyl (C=O) groups is 1. The number of alkyl halides is 2. The lowest BCUT2D eigenvalue weighted by molar-refractivity contribution is -0.123. The molecular weight excluding hydrogens is 114 g/mol. The Morgan fingerprint density at radius 1 is 1.75 bits per heavy atom. The molecule has 0 aliphatic carbocycles. The second kappa shape index (κ2) is 3.52. The summed E-state index contributed by atoms with van der Waals surface area (Å²) in [5.41, 5.74) is 0. The summed E-state index contributed by atoms with van der Waals surface area (Å²) in [5, 5.41) is 0. The molecule has 0 aromatic rings. The molecule has 0 aliphatic heterocycles. The van der Waals surface area contributed by atoms with Gasteiger partial charge in [0.25, 0.3) is 0 Å². The lowest BCUT2D eigenvalue weighted by atomic mass is 10.2. The lowest BCUT2D eigenvalue weighted by Gasteiger charge is -1.95. The van der Waals surface area contributed by atoms with Gasteiger partial charge in [-0.25, -0.2) is 8.78 Å². The summed E-state index contributed by atoms with van der Waals surface area (Å²) in [6, 6.07) is 0. The van der Waals surface area contributed by atoms with E-state index in [2.05, 4.69) is 0 Å². The molecule has 0 aromatic heterocycles. The molecule has 0 N–H and O–H groups in total. The average molecular weight is 122 g/mol. The van der Waals surface area contributed by atoms with E-state index in [0.717, 1.165) is 0 Å². The molecule has 0 spiro atoms. The Morgan fingerprint density at radius 2 is 2.25 bits per heavy atom. The number of Topliss-reactive ketones (excluding diaryl/α,β-unsaturated/α-hetero) is 1. The highest BCUT2D eigenvalue weighted by Crippen LogP contribution is 1.96. The summed E-state index contributed by atoms with van der Waals surface area (Å²) in [6.07, 6.45) is -1.81. The molecule has 8 heavy (non-hydrogen) atoms. The predicted molar refractivity (Wildman–Crippen MR) is 26.2 cm³/mol. The van der Waals surface area contributed by atoms with Gasteiger partial charge in [0.05, 0.1) is 0 Å². The van der Waals surface area contributed by atoms with Gasteiger partial charge in [0.2, 0.25) is 0 Å². The molecule has 1 unspecified atom stereocenters. The number of halogens is 2. The van der Waals surface area contributed by atoms with Crippen molar-refractivity contribution in [2.75, 3.05) is 6.67 Å². The van der Waals surface area contributed by atoms with Crippen molar-refractivity contribution in [3.05, 3.63) is 0 Å². The van der Waals surface area contributed by atoms with Crippen molar-refractivity contribution in [2.24, 2.45) is 0 Å². The van der Waals surface area contributed by atoms with E-state index in [1.165, 1.54) is 6.92 Å². The van der Waals surface area contributed by atoms with Gasteiger partial charge < -0.3 is 0 Å². The Labute approximate surface area is 46.7 Å². The molecule has 0 radical (unpaired) electrons. The highest BCUT2D eigenvalue weighted by atomic mass is 19.2. The van der Waals surface area contributed by atoms with Crippen molar-refractivity contribution in [1.29, 1.82) is 0 Å². The molecule has 0 bridgehead atoms. The Morgan fingerprint density at radius 3 is 2.38 bits per heavy atom. The number of carbonyl (C=O) groups excluding carboxylic acids is 1. The first-order valence-corrected chi connectivity index (χ1v) is 2.45. The zero-order valence-electron chi connectivity index (χ0n) is 4.66. The molecule has 0 aromatic carbocycles. The van der Waals surface area contributed by atoms with Crippen molar-refractivity contribution in [3.8, 4) is 0 Å². The maximum absolute atomic E-state index is 11.8. The van der Waals surface area contributed by atoms with Crippen LogP contribution >= 0.6 is 0 Å². The number of ketones is 1. The van der Waals surface area contributed by atoms with Crippen LogP contribution in [-0.2, 0) is 4.79 Å². The molecule has 48 valence electrons. The maximum atomic E-state index is 11.8. The van der Waals surface area contributed by atoms with Gasteiger partial charge >= 0.3 is 0 Å². The molecule has 3 heteroatoms. The molecule has 0 amide bonds. The van der Waals surface area contributed by atoms with Crippen molar-refractivity contribution in [1.82, 2.24) is 0 Å². The third kappa shape index (κ3) is 2.00. The SMILES string of the molecule is CCC(=O)C(F)CF. The van der Waals surface area contributed by atoms with E-state index in [-0.39, 0.29) is 6.42 Å². The third-order valence-corrected chi connectivity index (χ3v) is 0.833. The zero-order valence-corrected chi connectivity index (χ0v) is 4.66. The molecule has 0 saturated heterocycles. The van der Waals surface area contributed by atoms with Crippen LogP contribution in [0.4, 0.5) is 8.78 Å². The van der Waals surface area contributed by atoms with Crippen LogP contribution in [0.2, 0.25) is 0 Å². The van der Waals surface area contributed by atoms with Crippen LogP contribution in [0.3, 0.4) is 0 Å². The normalized spacial score (nSPS) is 13.4. The number of hydrogen-bond donors (Lipinski definition) is 0. The molecule has 1 nitrogen and oxygen atoms in total. The first-order valence-electron chi connectivity index (χ1n) is 2.45. The third-order valence-electron chi connectivity index (χ3n) is 0.833. The Kier molecular flexibility index (Phi) is 3.31. The fraction of sp³-hybridized carbons (Fsp3) is 0.800. The monoisotopic (exact) mass is 122 g/mol. The first kappa shape index (κ1) is 7.53. The topological polar surface area (TPSA) is 17.1 Å². The minimum absolute atomic E-state index is 0.0745. The average Bonchev–Trinajstić information content (AvgIpc) is 1.84.